The Bertz CT molecular complexity index is 652. The largest absolute Gasteiger partial charge is 0.325 e. The molecule has 0 aliphatic carbocycles. The number of rotatable bonds is 3. The Hall–Kier alpha value is -1.87. The van der Waals surface area contributed by atoms with E-state index in [0.29, 0.717) is 5.92 Å². The lowest BCUT2D eigenvalue weighted by molar-refractivity contribution is -0.120. The highest BCUT2D eigenvalue weighted by Crippen LogP contribution is 2.21. The minimum atomic E-state index is -0.0681. The number of anilines is 1. The van der Waals surface area contributed by atoms with Crippen molar-refractivity contribution in [2.75, 3.05) is 18.4 Å². The summed E-state index contributed by atoms with van der Waals surface area (Å²) in [7, 11) is 0. The summed E-state index contributed by atoms with van der Waals surface area (Å²) in [5.74, 6) is 0.778. The van der Waals surface area contributed by atoms with Crippen molar-refractivity contribution in [1.29, 1.82) is 0 Å². The van der Waals surface area contributed by atoms with Crippen LogP contribution in [0.15, 0.2) is 42.5 Å². The number of hydrogen-bond acceptors (Lipinski definition) is 2. The van der Waals surface area contributed by atoms with Gasteiger partial charge >= 0.3 is 0 Å². The molecule has 1 aliphatic heterocycles. The molecule has 0 aromatic heterocycles. The van der Waals surface area contributed by atoms with E-state index in [1.54, 1.807) is 0 Å². The van der Waals surface area contributed by atoms with Gasteiger partial charge in [-0.15, -0.1) is 0 Å². The van der Waals surface area contributed by atoms with Crippen molar-refractivity contribution in [1.82, 2.24) is 4.90 Å². The first-order valence-electron chi connectivity index (χ1n) is 7.67. The molecule has 2 unspecified atom stereocenters. The molecular weight excluding hydrogens is 260 g/mol. The van der Waals surface area contributed by atoms with E-state index in [2.05, 4.69) is 29.3 Å². The van der Waals surface area contributed by atoms with Crippen molar-refractivity contribution in [2.24, 2.45) is 5.92 Å². The first-order valence-corrected chi connectivity index (χ1v) is 7.67. The average molecular weight is 282 g/mol. The summed E-state index contributed by atoms with van der Waals surface area (Å²) in [5, 5.41) is 5.39. The Morgan fingerprint density at radius 2 is 2.00 bits per heavy atom. The number of nitrogens with zero attached hydrogens (tertiary/aromatic N) is 1. The lowest BCUT2D eigenvalue weighted by Gasteiger charge is -2.23. The normalized spacial score (nSPS) is 20.6. The molecule has 110 valence electrons. The van der Waals surface area contributed by atoms with Crippen molar-refractivity contribution in [3.8, 4) is 0 Å². The van der Waals surface area contributed by atoms with Crippen LogP contribution in [0.5, 0.6) is 0 Å². The SMILES string of the molecule is CC1CCN(C(C)C(=O)Nc2ccc3ccccc3c2)C1. The average Bonchev–Trinajstić information content (AvgIpc) is 2.93. The lowest BCUT2D eigenvalue weighted by Crippen LogP contribution is -2.40. The second kappa shape index (κ2) is 5.86. The summed E-state index contributed by atoms with van der Waals surface area (Å²) in [5.41, 5.74) is 0.873. The van der Waals surface area contributed by atoms with Crippen LogP contribution >= 0.6 is 0 Å². The van der Waals surface area contributed by atoms with Crippen LogP contribution in [0.3, 0.4) is 0 Å². The molecule has 1 saturated heterocycles. The van der Waals surface area contributed by atoms with Gasteiger partial charge in [-0.25, -0.2) is 0 Å². The molecule has 1 heterocycles. The standard InChI is InChI=1S/C18H22N2O/c1-13-9-10-20(12-13)14(2)18(21)19-17-8-7-15-5-3-4-6-16(15)11-17/h3-8,11,13-14H,9-10,12H2,1-2H3,(H,19,21). The van der Waals surface area contributed by atoms with Gasteiger partial charge in [-0.3, -0.25) is 9.69 Å². The molecule has 0 radical (unpaired) electrons. The molecule has 3 rings (SSSR count). The van der Waals surface area contributed by atoms with E-state index < -0.39 is 0 Å². The molecule has 1 fully saturated rings. The van der Waals surface area contributed by atoms with Crippen LogP contribution in [-0.4, -0.2) is 29.9 Å². The molecule has 0 saturated carbocycles. The molecule has 0 bridgehead atoms. The number of carbonyl (C=O) groups excluding carboxylic acids is 1. The van der Waals surface area contributed by atoms with Crippen LogP contribution in [0.25, 0.3) is 10.8 Å². The smallest absolute Gasteiger partial charge is 0.241 e. The number of likely N-dealkylation sites (tertiary alicyclic amines) is 1. The number of benzene rings is 2. The van der Waals surface area contributed by atoms with Crippen molar-refractivity contribution in [2.45, 2.75) is 26.3 Å². The minimum absolute atomic E-state index is 0.0681. The van der Waals surface area contributed by atoms with Gasteiger partial charge in [0.2, 0.25) is 5.91 Å². The third-order valence-corrected chi connectivity index (χ3v) is 4.40. The van der Waals surface area contributed by atoms with Crippen molar-refractivity contribution in [3.63, 3.8) is 0 Å². The van der Waals surface area contributed by atoms with E-state index in [-0.39, 0.29) is 11.9 Å². The van der Waals surface area contributed by atoms with E-state index in [4.69, 9.17) is 0 Å². The topological polar surface area (TPSA) is 32.3 Å². The zero-order valence-electron chi connectivity index (χ0n) is 12.7. The molecule has 2 atom stereocenters. The van der Waals surface area contributed by atoms with Gasteiger partial charge in [-0.1, -0.05) is 37.3 Å². The van der Waals surface area contributed by atoms with Crippen LogP contribution in [0.4, 0.5) is 5.69 Å². The van der Waals surface area contributed by atoms with Crippen molar-refractivity contribution >= 4 is 22.4 Å². The fourth-order valence-corrected chi connectivity index (χ4v) is 3.00. The number of fused-ring (bicyclic) bond motifs is 1. The predicted octanol–water partition coefficient (Wildman–Crippen LogP) is 3.51. The molecule has 1 aliphatic rings. The molecular formula is C18H22N2O. The second-order valence-corrected chi connectivity index (χ2v) is 6.12. The number of hydrogen-bond donors (Lipinski definition) is 1. The van der Waals surface area contributed by atoms with Crippen LogP contribution in [0.1, 0.15) is 20.3 Å². The fraction of sp³-hybridized carbons (Fsp3) is 0.389. The Kier molecular flexibility index (Phi) is 3.93. The predicted molar refractivity (Wildman–Crippen MR) is 87.4 cm³/mol. The Morgan fingerprint density at radius 3 is 2.71 bits per heavy atom. The molecule has 2 aromatic carbocycles. The van der Waals surface area contributed by atoms with Crippen LogP contribution in [0.2, 0.25) is 0 Å². The molecule has 2 aromatic rings. The molecule has 1 amide bonds. The summed E-state index contributed by atoms with van der Waals surface area (Å²) < 4.78 is 0. The Morgan fingerprint density at radius 1 is 1.24 bits per heavy atom. The molecule has 0 spiro atoms. The van der Waals surface area contributed by atoms with Gasteiger partial charge < -0.3 is 5.32 Å². The van der Waals surface area contributed by atoms with Crippen molar-refractivity contribution in [3.05, 3.63) is 42.5 Å². The van der Waals surface area contributed by atoms with Crippen LogP contribution < -0.4 is 5.32 Å². The zero-order chi connectivity index (χ0) is 14.8. The van der Waals surface area contributed by atoms with E-state index in [1.165, 1.54) is 11.8 Å². The number of carbonyl (C=O) groups is 1. The first-order chi connectivity index (χ1) is 10.1. The molecule has 3 heteroatoms. The third-order valence-electron chi connectivity index (χ3n) is 4.40. The minimum Gasteiger partial charge on any atom is -0.325 e. The van der Waals surface area contributed by atoms with Crippen LogP contribution in [-0.2, 0) is 4.79 Å². The third kappa shape index (κ3) is 3.08. The van der Waals surface area contributed by atoms with E-state index >= 15 is 0 Å². The Balaban J connectivity index is 1.70. The number of nitrogens with one attached hydrogen (secondary N) is 1. The highest BCUT2D eigenvalue weighted by Gasteiger charge is 2.27. The van der Waals surface area contributed by atoms with Gasteiger partial charge in [0.05, 0.1) is 6.04 Å². The zero-order valence-corrected chi connectivity index (χ0v) is 12.7. The quantitative estimate of drug-likeness (QED) is 0.934. The Labute approximate surface area is 125 Å². The fourth-order valence-electron chi connectivity index (χ4n) is 3.00. The maximum Gasteiger partial charge on any atom is 0.241 e. The maximum atomic E-state index is 12.4. The van der Waals surface area contributed by atoms with Gasteiger partial charge in [0, 0.05) is 12.2 Å². The van der Waals surface area contributed by atoms with Crippen molar-refractivity contribution < 1.29 is 4.79 Å². The van der Waals surface area contributed by atoms with Gasteiger partial charge in [0.25, 0.3) is 0 Å². The summed E-state index contributed by atoms with van der Waals surface area (Å²) in [6.45, 7) is 6.28. The summed E-state index contributed by atoms with van der Waals surface area (Å²) >= 11 is 0. The van der Waals surface area contributed by atoms with Crippen LogP contribution in [0, 0.1) is 5.92 Å². The summed E-state index contributed by atoms with van der Waals surface area (Å²) in [6, 6.07) is 14.2. The van der Waals surface area contributed by atoms with E-state index in [9.17, 15) is 4.79 Å². The monoisotopic (exact) mass is 282 g/mol. The highest BCUT2D eigenvalue weighted by molar-refractivity contribution is 5.97. The number of amides is 1. The lowest BCUT2D eigenvalue weighted by atomic mass is 10.1. The van der Waals surface area contributed by atoms with E-state index in [1.807, 2.05) is 37.3 Å². The summed E-state index contributed by atoms with van der Waals surface area (Å²) in [6.07, 6.45) is 1.19. The van der Waals surface area contributed by atoms with Gasteiger partial charge in [-0.2, -0.15) is 0 Å². The molecule has 3 nitrogen and oxygen atoms in total. The molecule has 21 heavy (non-hydrogen) atoms. The van der Waals surface area contributed by atoms with Gasteiger partial charge in [0.1, 0.15) is 0 Å². The van der Waals surface area contributed by atoms with Gasteiger partial charge in [0.15, 0.2) is 0 Å². The highest BCUT2D eigenvalue weighted by atomic mass is 16.2. The van der Waals surface area contributed by atoms with E-state index in [0.717, 1.165) is 24.2 Å². The second-order valence-electron chi connectivity index (χ2n) is 6.12. The molecule has 1 N–H and O–H groups in total. The van der Waals surface area contributed by atoms with Gasteiger partial charge in [-0.05, 0) is 48.7 Å². The maximum absolute atomic E-state index is 12.4. The first kappa shape index (κ1) is 14.1. The summed E-state index contributed by atoms with van der Waals surface area (Å²) in [4.78, 5) is 14.7.